The maximum Gasteiger partial charge on any atom is 0.465 e. The molecule has 0 saturated heterocycles. The van der Waals surface area contributed by atoms with Gasteiger partial charge in [0.1, 0.15) is 11.9 Å². The molecule has 3 aliphatic carbocycles. The third-order valence-corrected chi connectivity index (χ3v) is 5.90. The summed E-state index contributed by atoms with van der Waals surface area (Å²) in [6.45, 7) is -1.21. The van der Waals surface area contributed by atoms with Crippen LogP contribution in [0, 0.1) is 23.7 Å². The molecule has 5 atom stereocenters. The SMILES string of the molecule is O=C(COC(=O)C(F)(F)S(=O)(=O)O)OC1C2CC3C(=O)CC1C3C2. The van der Waals surface area contributed by atoms with E-state index < -0.39 is 40.0 Å². The molecule has 3 aliphatic rings. The van der Waals surface area contributed by atoms with Gasteiger partial charge in [-0.2, -0.15) is 17.2 Å². The van der Waals surface area contributed by atoms with Crippen LogP contribution in [-0.2, 0) is 34.0 Å². The van der Waals surface area contributed by atoms with E-state index in [1.807, 2.05) is 0 Å². The van der Waals surface area contributed by atoms with Crippen LogP contribution < -0.4 is 0 Å². The molecule has 3 fully saturated rings. The average Bonchev–Trinajstić information content (AvgIpc) is 3.08. The summed E-state index contributed by atoms with van der Waals surface area (Å²) < 4.78 is 64.0. The molecule has 8 nitrogen and oxygen atoms in total. The highest BCUT2D eigenvalue weighted by Gasteiger charge is 2.61. The minimum atomic E-state index is -5.99. The van der Waals surface area contributed by atoms with Crippen LogP contribution in [0.4, 0.5) is 8.78 Å². The lowest BCUT2D eigenvalue weighted by atomic mass is 9.86. The number of fused-ring (bicyclic) bond motifs is 1. The smallest absolute Gasteiger partial charge is 0.459 e. The molecule has 2 bridgehead atoms. The van der Waals surface area contributed by atoms with Gasteiger partial charge in [-0.05, 0) is 24.7 Å². The summed E-state index contributed by atoms with van der Waals surface area (Å²) in [5.74, 6) is -3.41. The molecule has 3 saturated carbocycles. The molecule has 0 heterocycles. The van der Waals surface area contributed by atoms with Crippen LogP contribution in [-0.4, -0.2) is 48.7 Å². The molecule has 11 heteroatoms. The van der Waals surface area contributed by atoms with Crippen molar-refractivity contribution in [3.8, 4) is 0 Å². The van der Waals surface area contributed by atoms with Crippen molar-refractivity contribution in [3.05, 3.63) is 0 Å². The maximum atomic E-state index is 13.0. The summed E-state index contributed by atoms with van der Waals surface area (Å²) in [4.78, 5) is 34.4. The molecule has 5 unspecified atom stereocenters. The number of hydrogen-bond acceptors (Lipinski definition) is 7. The van der Waals surface area contributed by atoms with E-state index in [2.05, 4.69) is 4.74 Å². The van der Waals surface area contributed by atoms with Crippen LogP contribution in [0.5, 0.6) is 0 Å². The van der Waals surface area contributed by atoms with E-state index in [1.165, 1.54) is 0 Å². The van der Waals surface area contributed by atoms with E-state index in [1.54, 1.807) is 0 Å². The zero-order valence-corrected chi connectivity index (χ0v) is 13.0. The predicted molar refractivity (Wildman–Crippen MR) is 70.2 cm³/mol. The van der Waals surface area contributed by atoms with Gasteiger partial charge in [-0.15, -0.1) is 0 Å². The number of carbonyl (C=O) groups excluding carboxylic acids is 3. The molecule has 0 aromatic carbocycles. The molecule has 1 N–H and O–H groups in total. The van der Waals surface area contributed by atoms with Crippen molar-refractivity contribution >= 4 is 27.8 Å². The van der Waals surface area contributed by atoms with Crippen LogP contribution in [0.1, 0.15) is 19.3 Å². The number of rotatable bonds is 5. The predicted octanol–water partition coefficient (Wildman–Crippen LogP) is 0.167. The van der Waals surface area contributed by atoms with Crippen LogP contribution in [0.2, 0.25) is 0 Å². The zero-order chi connectivity index (χ0) is 17.9. The highest BCUT2D eigenvalue weighted by Crippen LogP contribution is 2.59. The third kappa shape index (κ3) is 2.59. The fraction of sp³-hybridized carbons (Fsp3) is 0.769. The van der Waals surface area contributed by atoms with Crippen molar-refractivity contribution < 1.29 is 45.6 Å². The summed E-state index contributed by atoms with van der Waals surface area (Å²) in [6.07, 6.45) is 1.17. The zero-order valence-electron chi connectivity index (χ0n) is 12.2. The monoisotopic (exact) mass is 368 g/mol. The highest BCUT2D eigenvalue weighted by molar-refractivity contribution is 7.87. The van der Waals surface area contributed by atoms with Crippen molar-refractivity contribution in [3.63, 3.8) is 0 Å². The highest BCUT2D eigenvalue weighted by atomic mass is 32.2. The standard InChI is InChI=1S/C13H14F2O8S/c14-13(15,24(19,20)21)12(18)22-4-10(17)23-11-5-1-6-7(2-5)9(16)3-8(6)11/h5-8,11H,1-4H2,(H,19,20,21). The summed E-state index contributed by atoms with van der Waals surface area (Å²) in [5, 5.41) is -5.16. The van der Waals surface area contributed by atoms with Crippen molar-refractivity contribution in [2.75, 3.05) is 6.61 Å². The topological polar surface area (TPSA) is 124 Å². The first kappa shape index (κ1) is 17.2. The van der Waals surface area contributed by atoms with Gasteiger partial charge in [0.2, 0.25) is 0 Å². The lowest BCUT2D eigenvalue weighted by Gasteiger charge is -2.27. The molecular weight excluding hydrogens is 354 g/mol. The molecular formula is C13H14F2O8S. The second-order valence-electron chi connectivity index (χ2n) is 6.36. The minimum Gasteiger partial charge on any atom is -0.459 e. The van der Waals surface area contributed by atoms with Crippen molar-refractivity contribution in [2.24, 2.45) is 23.7 Å². The maximum absolute atomic E-state index is 13.0. The van der Waals surface area contributed by atoms with E-state index in [0.29, 0.717) is 12.8 Å². The Morgan fingerprint density at radius 3 is 2.54 bits per heavy atom. The Kier molecular flexibility index (Phi) is 3.91. The first-order valence-corrected chi connectivity index (χ1v) is 8.70. The van der Waals surface area contributed by atoms with Crippen LogP contribution in [0.3, 0.4) is 0 Å². The normalized spacial score (nSPS) is 34.5. The number of carbonyl (C=O) groups is 3. The summed E-state index contributed by atoms with van der Waals surface area (Å²) in [7, 11) is -5.99. The molecule has 0 aromatic rings. The molecule has 0 amide bonds. The van der Waals surface area contributed by atoms with E-state index >= 15 is 0 Å². The number of ketones is 1. The van der Waals surface area contributed by atoms with Gasteiger partial charge in [0.15, 0.2) is 6.61 Å². The van der Waals surface area contributed by atoms with Crippen molar-refractivity contribution in [2.45, 2.75) is 30.6 Å². The third-order valence-electron chi connectivity index (χ3n) is 5.09. The number of esters is 2. The summed E-state index contributed by atoms with van der Waals surface area (Å²) in [5.41, 5.74) is 0. The van der Waals surface area contributed by atoms with E-state index in [9.17, 15) is 31.6 Å². The van der Waals surface area contributed by atoms with Gasteiger partial charge in [0, 0.05) is 18.3 Å². The minimum absolute atomic E-state index is 0.0150. The lowest BCUT2D eigenvalue weighted by Crippen LogP contribution is -2.40. The van der Waals surface area contributed by atoms with Crippen molar-refractivity contribution in [1.29, 1.82) is 0 Å². The molecule has 0 spiro atoms. The summed E-state index contributed by atoms with van der Waals surface area (Å²) in [6, 6.07) is 0. The van der Waals surface area contributed by atoms with Crippen LogP contribution in [0.15, 0.2) is 0 Å². The molecule has 0 aromatic heterocycles. The number of halogens is 2. The second-order valence-corrected chi connectivity index (χ2v) is 7.82. The van der Waals surface area contributed by atoms with Gasteiger partial charge in [-0.1, -0.05) is 0 Å². The Morgan fingerprint density at radius 1 is 1.25 bits per heavy atom. The molecule has 3 rings (SSSR count). The first-order valence-electron chi connectivity index (χ1n) is 7.26. The fourth-order valence-electron chi connectivity index (χ4n) is 4.15. The van der Waals surface area contributed by atoms with Crippen LogP contribution >= 0.6 is 0 Å². The number of Topliss-reactive ketones (excluding diaryl/α,β-unsaturated/α-hetero) is 1. The van der Waals surface area contributed by atoms with Crippen LogP contribution in [0.25, 0.3) is 0 Å². The molecule has 0 aliphatic heterocycles. The molecule has 134 valence electrons. The van der Waals surface area contributed by atoms with Gasteiger partial charge in [0.25, 0.3) is 0 Å². The molecule has 24 heavy (non-hydrogen) atoms. The fourth-order valence-corrected chi connectivity index (χ4v) is 4.42. The number of hydrogen-bond donors (Lipinski definition) is 1. The number of alkyl halides is 2. The van der Waals surface area contributed by atoms with Gasteiger partial charge in [-0.25, -0.2) is 9.59 Å². The Balaban J connectivity index is 1.54. The Bertz CT molecular complexity index is 703. The van der Waals surface area contributed by atoms with Gasteiger partial charge < -0.3 is 9.47 Å². The Hall–Kier alpha value is -1.62. The van der Waals surface area contributed by atoms with Crippen molar-refractivity contribution in [1.82, 2.24) is 0 Å². The van der Waals surface area contributed by atoms with Gasteiger partial charge in [0.05, 0.1) is 0 Å². The van der Waals surface area contributed by atoms with Gasteiger partial charge >= 0.3 is 27.3 Å². The molecule has 0 radical (unpaired) electrons. The van der Waals surface area contributed by atoms with E-state index in [0.717, 1.165) is 6.42 Å². The Morgan fingerprint density at radius 2 is 1.92 bits per heavy atom. The quantitative estimate of drug-likeness (QED) is 0.538. The Labute approximate surface area is 135 Å². The van der Waals surface area contributed by atoms with E-state index in [4.69, 9.17) is 9.29 Å². The average molecular weight is 368 g/mol. The summed E-state index contributed by atoms with van der Waals surface area (Å²) >= 11 is 0. The van der Waals surface area contributed by atoms with E-state index in [-0.39, 0.29) is 29.5 Å². The number of ether oxygens (including phenoxy) is 2. The largest absolute Gasteiger partial charge is 0.465 e. The lowest BCUT2D eigenvalue weighted by molar-refractivity contribution is -0.173. The van der Waals surface area contributed by atoms with Gasteiger partial charge in [-0.3, -0.25) is 9.35 Å². The second kappa shape index (κ2) is 5.45. The first-order chi connectivity index (χ1) is 11.0.